The van der Waals surface area contributed by atoms with Crippen LogP contribution in [0.4, 0.5) is 5.69 Å². The van der Waals surface area contributed by atoms with E-state index in [2.05, 4.69) is 43.8 Å². The first-order valence-electron chi connectivity index (χ1n) is 5.09. The molecule has 1 heterocycles. The Kier molecular flexibility index (Phi) is 5.10. The molecule has 0 aliphatic rings. The van der Waals surface area contributed by atoms with Crippen LogP contribution in [-0.2, 0) is 0 Å². The molecule has 1 amide bonds. The first kappa shape index (κ1) is 15.1. The third-order valence-electron chi connectivity index (χ3n) is 2.29. The van der Waals surface area contributed by atoms with Crippen molar-refractivity contribution in [3.63, 3.8) is 0 Å². The molecule has 0 radical (unpaired) electrons. The molecule has 1 aromatic carbocycles. The maximum Gasteiger partial charge on any atom is 0.256 e. The van der Waals surface area contributed by atoms with Crippen LogP contribution in [0.25, 0.3) is 0 Å². The number of amides is 1. The Balaban J connectivity index is 2.30. The van der Waals surface area contributed by atoms with E-state index in [1.54, 1.807) is 12.1 Å². The molecule has 7 heteroatoms. The first-order valence-corrected chi connectivity index (χ1v) is 8.22. The molecule has 0 atom stereocenters. The van der Waals surface area contributed by atoms with Crippen molar-refractivity contribution in [2.24, 2.45) is 0 Å². The molecule has 2 rings (SSSR count). The predicted molar refractivity (Wildman–Crippen MR) is 90.7 cm³/mol. The first-order chi connectivity index (χ1) is 9.01. The Morgan fingerprint density at radius 3 is 2.79 bits per heavy atom. The molecule has 0 aliphatic carbocycles. The Morgan fingerprint density at radius 2 is 2.21 bits per heavy atom. The summed E-state index contributed by atoms with van der Waals surface area (Å²) in [5.74, 6) is 0.356. The van der Waals surface area contributed by atoms with E-state index in [1.165, 1.54) is 18.4 Å². The summed E-state index contributed by atoms with van der Waals surface area (Å²) in [5, 5.41) is 5.12. The van der Waals surface area contributed by atoms with Crippen LogP contribution in [0.2, 0.25) is 5.02 Å². The summed E-state index contributed by atoms with van der Waals surface area (Å²) in [6, 6.07) is 5.19. The third kappa shape index (κ3) is 3.62. The van der Waals surface area contributed by atoms with Gasteiger partial charge in [0.2, 0.25) is 0 Å². The fourth-order valence-corrected chi connectivity index (χ4v) is 3.78. The van der Waals surface area contributed by atoms with E-state index in [1.807, 2.05) is 11.4 Å². The van der Waals surface area contributed by atoms with Crippen LogP contribution in [0.3, 0.4) is 0 Å². The molecule has 0 unspecified atom stereocenters. The number of carbonyl (C=O) groups is 1. The second-order valence-corrected chi connectivity index (χ2v) is 7.66. The van der Waals surface area contributed by atoms with Gasteiger partial charge in [-0.3, -0.25) is 4.79 Å². The van der Waals surface area contributed by atoms with E-state index >= 15 is 0 Å². The molecule has 3 nitrogen and oxygen atoms in total. The standard InChI is InChI=1S/C12H8BrClINO2S/c1-18-11-8(13)3-7(14)4-9(11)16-12(17)6-2-10(15)19-5-6/h2-5H,1H3,(H,16,17). The lowest BCUT2D eigenvalue weighted by Crippen LogP contribution is -2.11. The van der Waals surface area contributed by atoms with Crippen molar-refractivity contribution in [3.05, 3.63) is 41.5 Å². The number of benzene rings is 1. The van der Waals surface area contributed by atoms with Crippen LogP contribution >= 0.6 is 61.5 Å². The molecule has 0 bridgehead atoms. The Bertz CT molecular complexity index is 632. The normalized spacial score (nSPS) is 10.3. The number of nitrogens with one attached hydrogen (secondary N) is 1. The van der Waals surface area contributed by atoms with Crippen molar-refractivity contribution in [2.75, 3.05) is 12.4 Å². The summed E-state index contributed by atoms with van der Waals surface area (Å²) >= 11 is 13.0. The van der Waals surface area contributed by atoms with E-state index in [-0.39, 0.29) is 5.91 Å². The van der Waals surface area contributed by atoms with Crippen molar-refractivity contribution >= 4 is 73.1 Å². The zero-order valence-electron chi connectivity index (χ0n) is 9.67. The highest BCUT2D eigenvalue weighted by molar-refractivity contribution is 14.1. The predicted octanol–water partition coefficient (Wildman–Crippen LogP) is 5.03. The quantitative estimate of drug-likeness (QED) is 0.637. The fourth-order valence-electron chi connectivity index (χ4n) is 1.48. The van der Waals surface area contributed by atoms with Crippen LogP contribution in [0.1, 0.15) is 10.4 Å². The summed E-state index contributed by atoms with van der Waals surface area (Å²) < 4.78 is 7.00. The van der Waals surface area contributed by atoms with E-state index in [0.29, 0.717) is 26.5 Å². The SMILES string of the molecule is COc1c(Br)cc(Cl)cc1NC(=O)c1csc(I)c1. The largest absolute Gasteiger partial charge is 0.493 e. The van der Waals surface area contributed by atoms with Crippen LogP contribution in [0.5, 0.6) is 5.75 Å². The van der Waals surface area contributed by atoms with Gasteiger partial charge in [-0.2, -0.15) is 0 Å². The topological polar surface area (TPSA) is 38.3 Å². The number of ether oxygens (including phenoxy) is 1. The van der Waals surface area contributed by atoms with E-state index < -0.39 is 0 Å². The highest BCUT2D eigenvalue weighted by atomic mass is 127. The van der Waals surface area contributed by atoms with Gasteiger partial charge in [-0.05, 0) is 56.7 Å². The van der Waals surface area contributed by atoms with Crippen LogP contribution in [0, 0.1) is 2.88 Å². The van der Waals surface area contributed by atoms with Gasteiger partial charge in [-0.25, -0.2) is 0 Å². The number of carbonyl (C=O) groups excluding carboxylic acids is 1. The zero-order chi connectivity index (χ0) is 14.0. The lowest BCUT2D eigenvalue weighted by molar-refractivity contribution is 0.102. The summed E-state index contributed by atoms with van der Waals surface area (Å²) in [4.78, 5) is 12.1. The molecule has 0 fully saturated rings. The average molecular weight is 473 g/mol. The van der Waals surface area contributed by atoms with Gasteiger partial charge >= 0.3 is 0 Å². The van der Waals surface area contributed by atoms with Crippen molar-refractivity contribution in [1.82, 2.24) is 0 Å². The number of anilines is 1. The molecule has 0 spiro atoms. The van der Waals surface area contributed by atoms with Crippen LogP contribution in [-0.4, -0.2) is 13.0 Å². The molecule has 0 saturated heterocycles. The van der Waals surface area contributed by atoms with Crippen molar-refractivity contribution < 1.29 is 9.53 Å². The maximum absolute atomic E-state index is 12.1. The molecule has 19 heavy (non-hydrogen) atoms. The lowest BCUT2D eigenvalue weighted by atomic mass is 10.2. The van der Waals surface area contributed by atoms with Gasteiger partial charge in [0.05, 0.1) is 25.7 Å². The van der Waals surface area contributed by atoms with Crippen molar-refractivity contribution in [1.29, 1.82) is 0 Å². The molecule has 2 aromatic rings. The average Bonchev–Trinajstić information content (AvgIpc) is 2.75. The van der Waals surface area contributed by atoms with Crippen LogP contribution in [0.15, 0.2) is 28.1 Å². The van der Waals surface area contributed by atoms with Gasteiger partial charge in [-0.1, -0.05) is 11.6 Å². The Morgan fingerprint density at radius 1 is 1.47 bits per heavy atom. The number of hydrogen-bond donors (Lipinski definition) is 1. The monoisotopic (exact) mass is 471 g/mol. The smallest absolute Gasteiger partial charge is 0.256 e. The van der Waals surface area contributed by atoms with E-state index in [0.717, 1.165) is 2.88 Å². The Hall–Kier alpha value is -0.310. The fraction of sp³-hybridized carbons (Fsp3) is 0.0833. The van der Waals surface area contributed by atoms with E-state index in [9.17, 15) is 4.79 Å². The van der Waals surface area contributed by atoms with Crippen molar-refractivity contribution in [3.8, 4) is 5.75 Å². The molecule has 0 saturated carbocycles. The number of thiophene rings is 1. The minimum Gasteiger partial charge on any atom is -0.493 e. The summed E-state index contributed by atoms with van der Waals surface area (Å²) in [6.07, 6.45) is 0. The summed E-state index contributed by atoms with van der Waals surface area (Å²) in [6.45, 7) is 0. The van der Waals surface area contributed by atoms with Gasteiger partial charge in [0, 0.05) is 10.4 Å². The number of methoxy groups -OCH3 is 1. The minimum absolute atomic E-state index is 0.188. The van der Waals surface area contributed by atoms with Gasteiger partial charge in [-0.15, -0.1) is 11.3 Å². The molecule has 0 aliphatic heterocycles. The number of rotatable bonds is 3. The van der Waals surface area contributed by atoms with Gasteiger partial charge in [0.15, 0.2) is 5.75 Å². The summed E-state index contributed by atoms with van der Waals surface area (Å²) in [5.41, 5.74) is 1.15. The number of halogens is 3. The molecule has 100 valence electrons. The van der Waals surface area contributed by atoms with Gasteiger partial charge in [0.25, 0.3) is 5.91 Å². The number of hydrogen-bond acceptors (Lipinski definition) is 3. The summed E-state index contributed by atoms with van der Waals surface area (Å²) in [7, 11) is 1.54. The maximum atomic E-state index is 12.1. The van der Waals surface area contributed by atoms with Gasteiger partial charge in [0.1, 0.15) is 0 Å². The molecular formula is C12H8BrClINO2S. The molecule has 1 N–H and O–H groups in total. The minimum atomic E-state index is -0.188. The lowest BCUT2D eigenvalue weighted by Gasteiger charge is -2.12. The van der Waals surface area contributed by atoms with Crippen molar-refractivity contribution in [2.45, 2.75) is 0 Å². The highest BCUT2D eigenvalue weighted by Gasteiger charge is 2.14. The second-order valence-electron chi connectivity index (χ2n) is 3.56. The molecule has 1 aromatic heterocycles. The molecular weight excluding hydrogens is 464 g/mol. The third-order valence-corrected chi connectivity index (χ3v) is 4.89. The van der Waals surface area contributed by atoms with Crippen LogP contribution < -0.4 is 10.1 Å². The highest BCUT2D eigenvalue weighted by Crippen LogP contribution is 2.36. The zero-order valence-corrected chi connectivity index (χ0v) is 15.0. The second kappa shape index (κ2) is 6.43. The van der Waals surface area contributed by atoms with E-state index in [4.69, 9.17) is 16.3 Å². The Labute approximate surface area is 141 Å². The van der Waals surface area contributed by atoms with Gasteiger partial charge < -0.3 is 10.1 Å².